The van der Waals surface area contributed by atoms with Crippen LogP contribution in [0.25, 0.3) is 11.3 Å². The second-order valence-electron chi connectivity index (χ2n) is 5.57. The van der Waals surface area contributed by atoms with Gasteiger partial charge in [-0.1, -0.05) is 6.92 Å². The molecule has 2 heterocycles. The Balaban J connectivity index is 1.78. The van der Waals surface area contributed by atoms with Crippen molar-refractivity contribution in [3.8, 4) is 22.8 Å². The van der Waals surface area contributed by atoms with Gasteiger partial charge >= 0.3 is 0 Å². The number of carbonyl (C=O) groups is 1. The second-order valence-corrected chi connectivity index (χ2v) is 7.28. The standard InChI is InChI=1S/C19H18BrN3O3S/c1-3-8-26-17-14(20)9-13(10-16(17)25-2)18(24)23-19-22-15(11-27-19)12-4-6-21-7-5-12/h4-7,9-11H,3,8H2,1-2H3,(H,22,23,24). The SMILES string of the molecule is CCCOc1c(Br)cc(C(=O)Nc2nc(-c3ccncc3)cs2)cc1OC. The summed E-state index contributed by atoms with van der Waals surface area (Å²) in [4.78, 5) is 21.1. The van der Waals surface area contributed by atoms with Crippen molar-refractivity contribution >= 4 is 38.3 Å². The topological polar surface area (TPSA) is 73.3 Å². The number of carbonyl (C=O) groups excluding carboxylic acids is 1. The summed E-state index contributed by atoms with van der Waals surface area (Å²) in [5, 5.41) is 5.24. The Hall–Kier alpha value is -2.45. The number of benzene rings is 1. The van der Waals surface area contributed by atoms with Gasteiger partial charge in [0.1, 0.15) is 0 Å². The molecular formula is C19H18BrN3O3S. The fraction of sp³-hybridized carbons (Fsp3) is 0.211. The van der Waals surface area contributed by atoms with Crippen molar-refractivity contribution in [2.45, 2.75) is 13.3 Å². The lowest BCUT2D eigenvalue weighted by Gasteiger charge is -2.13. The van der Waals surface area contributed by atoms with Crippen LogP contribution in [0.3, 0.4) is 0 Å². The van der Waals surface area contributed by atoms with Crippen LogP contribution in [0.1, 0.15) is 23.7 Å². The molecule has 2 aromatic heterocycles. The summed E-state index contributed by atoms with van der Waals surface area (Å²) in [6.07, 6.45) is 4.29. The van der Waals surface area contributed by atoms with Crippen LogP contribution in [0.4, 0.5) is 5.13 Å². The van der Waals surface area contributed by atoms with E-state index in [-0.39, 0.29) is 5.91 Å². The first-order valence-corrected chi connectivity index (χ1v) is 9.97. The molecule has 0 saturated heterocycles. The molecule has 0 spiro atoms. The van der Waals surface area contributed by atoms with E-state index in [1.165, 1.54) is 11.3 Å². The number of pyridine rings is 1. The predicted octanol–water partition coefficient (Wildman–Crippen LogP) is 5.02. The van der Waals surface area contributed by atoms with E-state index < -0.39 is 0 Å². The van der Waals surface area contributed by atoms with Crippen molar-refractivity contribution in [1.29, 1.82) is 0 Å². The van der Waals surface area contributed by atoms with Gasteiger partial charge in [-0.05, 0) is 46.6 Å². The van der Waals surface area contributed by atoms with Gasteiger partial charge < -0.3 is 9.47 Å². The van der Waals surface area contributed by atoms with Gasteiger partial charge in [0, 0.05) is 28.9 Å². The summed E-state index contributed by atoms with van der Waals surface area (Å²) in [7, 11) is 1.55. The van der Waals surface area contributed by atoms with Crippen LogP contribution in [0.15, 0.2) is 46.5 Å². The molecule has 27 heavy (non-hydrogen) atoms. The summed E-state index contributed by atoms with van der Waals surface area (Å²) < 4.78 is 11.7. The molecule has 0 unspecified atom stereocenters. The van der Waals surface area contributed by atoms with E-state index in [4.69, 9.17) is 9.47 Å². The van der Waals surface area contributed by atoms with Crippen LogP contribution in [0.2, 0.25) is 0 Å². The number of halogens is 1. The lowest BCUT2D eigenvalue weighted by atomic mass is 10.2. The maximum Gasteiger partial charge on any atom is 0.257 e. The summed E-state index contributed by atoms with van der Waals surface area (Å²) in [5.74, 6) is 0.816. The maximum absolute atomic E-state index is 12.6. The summed E-state index contributed by atoms with van der Waals surface area (Å²) in [6, 6.07) is 7.11. The number of nitrogens with one attached hydrogen (secondary N) is 1. The fourth-order valence-corrected chi connectivity index (χ4v) is 3.62. The molecular weight excluding hydrogens is 430 g/mol. The summed E-state index contributed by atoms with van der Waals surface area (Å²) in [5.41, 5.74) is 2.19. The molecule has 6 nitrogen and oxygen atoms in total. The van der Waals surface area contributed by atoms with E-state index in [0.29, 0.717) is 33.3 Å². The predicted molar refractivity (Wildman–Crippen MR) is 110 cm³/mol. The van der Waals surface area contributed by atoms with E-state index >= 15 is 0 Å². The van der Waals surface area contributed by atoms with E-state index in [1.54, 1.807) is 31.6 Å². The molecule has 140 valence electrons. The number of amides is 1. The van der Waals surface area contributed by atoms with E-state index in [9.17, 15) is 4.79 Å². The quantitative estimate of drug-likeness (QED) is 0.550. The van der Waals surface area contributed by atoms with Gasteiger partial charge in [-0.2, -0.15) is 0 Å². The Morgan fingerprint density at radius 2 is 2.07 bits per heavy atom. The Morgan fingerprint density at radius 3 is 2.78 bits per heavy atom. The number of ether oxygens (including phenoxy) is 2. The van der Waals surface area contributed by atoms with Gasteiger partial charge in [0.05, 0.1) is 23.9 Å². The number of rotatable bonds is 7. The molecule has 3 rings (SSSR count). The molecule has 0 saturated carbocycles. The Kier molecular flexibility index (Phi) is 6.41. The zero-order valence-corrected chi connectivity index (χ0v) is 17.3. The minimum Gasteiger partial charge on any atom is -0.493 e. The van der Waals surface area contributed by atoms with Crippen LogP contribution >= 0.6 is 27.3 Å². The third-order valence-corrected chi connectivity index (χ3v) is 4.99. The first-order chi connectivity index (χ1) is 13.1. The van der Waals surface area contributed by atoms with Crippen LogP contribution in [-0.2, 0) is 0 Å². The third-order valence-electron chi connectivity index (χ3n) is 3.64. The second kappa shape index (κ2) is 8.96. The molecule has 0 aliphatic heterocycles. The molecule has 0 radical (unpaired) electrons. The van der Waals surface area contributed by atoms with Crippen molar-refractivity contribution in [1.82, 2.24) is 9.97 Å². The molecule has 1 aromatic carbocycles. The molecule has 3 aromatic rings. The summed E-state index contributed by atoms with van der Waals surface area (Å²) in [6.45, 7) is 2.59. The van der Waals surface area contributed by atoms with Crippen LogP contribution < -0.4 is 14.8 Å². The molecule has 0 bridgehead atoms. The minimum absolute atomic E-state index is 0.272. The van der Waals surface area contributed by atoms with Gasteiger partial charge in [0.2, 0.25) is 0 Å². The molecule has 1 N–H and O–H groups in total. The lowest BCUT2D eigenvalue weighted by molar-refractivity contribution is 0.102. The average Bonchev–Trinajstić information content (AvgIpc) is 3.15. The third kappa shape index (κ3) is 4.64. The number of aromatic nitrogens is 2. The van der Waals surface area contributed by atoms with Crippen LogP contribution in [-0.4, -0.2) is 29.6 Å². The van der Waals surface area contributed by atoms with Crippen molar-refractivity contribution in [2.24, 2.45) is 0 Å². The number of hydrogen-bond donors (Lipinski definition) is 1. The highest BCUT2D eigenvalue weighted by atomic mass is 79.9. The molecule has 0 atom stereocenters. The largest absolute Gasteiger partial charge is 0.493 e. The van der Waals surface area contributed by atoms with Gasteiger partial charge in [0.25, 0.3) is 5.91 Å². The van der Waals surface area contributed by atoms with E-state index in [1.807, 2.05) is 24.4 Å². The van der Waals surface area contributed by atoms with Crippen molar-refractivity contribution in [3.05, 3.63) is 52.1 Å². The Labute approximate surface area is 169 Å². The van der Waals surface area contributed by atoms with Crippen LogP contribution in [0, 0.1) is 0 Å². The van der Waals surface area contributed by atoms with E-state index in [0.717, 1.165) is 17.7 Å². The molecule has 8 heteroatoms. The highest BCUT2D eigenvalue weighted by Crippen LogP contribution is 2.37. The normalized spacial score (nSPS) is 10.5. The molecule has 0 aliphatic carbocycles. The van der Waals surface area contributed by atoms with Crippen molar-refractivity contribution < 1.29 is 14.3 Å². The number of methoxy groups -OCH3 is 1. The van der Waals surface area contributed by atoms with Gasteiger partial charge in [-0.15, -0.1) is 11.3 Å². The number of hydrogen-bond acceptors (Lipinski definition) is 6. The molecule has 1 amide bonds. The molecule has 0 aliphatic rings. The fourth-order valence-electron chi connectivity index (χ4n) is 2.35. The minimum atomic E-state index is -0.272. The monoisotopic (exact) mass is 447 g/mol. The number of anilines is 1. The van der Waals surface area contributed by atoms with Gasteiger partial charge in [-0.25, -0.2) is 4.98 Å². The summed E-state index contributed by atoms with van der Waals surface area (Å²) >= 11 is 4.82. The van der Waals surface area contributed by atoms with Crippen molar-refractivity contribution in [3.63, 3.8) is 0 Å². The molecule has 0 fully saturated rings. The highest BCUT2D eigenvalue weighted by Gasteiger charge is 2.17. The smallest absolute Gasteiger partial charge is 0.257 e. The van der Waals surface area contributed by atoms with Crippen molar-refractivity contribution in [2.75, 3.05) is 19.0 Å². The average molecular weight is 448 g/mol. The van der Waals surface area contributed by atoms with E-state index in [2.05, 4.69) is 31.2 Å². The maximum atomic E-state index is 12.6. The lowest BCUT2D eigenvalue weighted by Crippen LogP contribution is -2.12. The van der Waals surface area contributed by atoms with Gasteiger partial charge in [0.15, 0.2) is 16.6 Å². The zero-order chi connectivity index (χ0) is 19.2. The van der Waals surface area contributed by atoms with Gasteiger partial charge in [-0.3, -0.25) is 15.1 Å². The first kappa shape index (κ1) is 19.3. The zero-order valence-electron chi connectivity index (χ0n) is 14.9. The number of thiazole rings is 1. The highest BCUT2D eigenvalue weighted by molar-refractivity contribution is 9.10. The Bertz CT molecular complexity index is 931. The number of nitrogens with zero attached hydrogens (tertiary/aromatic N) is 2. The first-order valence-electron chi connectivity index (χ1n) is 8.30. The Morgan fingerprint density at radius 1 is 1.30 bits per heavy atom. The van der Waals surface area contributed by atoms with Crippen LogP contribution in [0.5, 0.6) is 11.5 Å².